The fourth-order valence-corrected chi connectivity index (χ4v) is 4.17. The van der Waals surface area contributed by atoms with E-state index in [0.717, 1.165) is 36.0 Å². The standard InChI is InChI=1S/C23H26F8N4O5/c1-2-18(36)35(39,19(37)32-12-21(24,25)23(29,30)31)17-9-10-33(20(38)40-11-14-7-8-14)15-5-3-4-6-16(15)34(17)13-22(26,27)28/h3-6,14,17H,2,7-13H2,1H3,(H,32,37)/t17?,35-/m0/s1. The first-order valence-electron chi connectivity index (χ1n) is 12.1. The molecule has 0 aromatic heterocycles. The van der Waals surface area contributed by atoms with Crippen molar-refractivity contribution in [1.82, 2.24) is 5.32 Å². The van der Waals surface area contributed by atoms with Crippen molar-refractivity contribution >= 4 is 29.4 Å². The molecule has 9 nitrogen and oxygen atoms in total. The van der Waals surface area contributed by atoms with Crippen molar-refractivity contribution in [2.24, 2.45) is 5.92 Å². The lowest BCUT2D eigenvalue weighted by atomic mass is 10.2. The van der Waals surface area contributed by atoms with Crippen molar-refractivity contribution in [1.29, 1.82) is 0 Å². The van der Waals surface area contributed by atoms with Gasteiger partial charge in [-0.15, -0.1) is 0 Å². The summed E-state index contributed by atoms with van der Waals surface area (Å²) in [6, 6.07) is 2.73. The van der Waals surface area contributed by atoms with Crippen LogP contribution in [0, 0.1) is 11.1 Å². The number of urea groups is 1. The summed E-state index contributed by atoms with van der Waals surface area (Å²) >= 11 is 0. The number of imide groups is 1. The highest BCUT2D eigenvalue weighted by Crippen LogP contribution is 2.40. The van der Waals surface area contributed by atoms with Gasteiger partial charge >= 0.3 is 36.3 Å². The van der Waals surface area contributed by atoms with Crippen LogP contribution in [0.3, 0.4) is 0 Å². The van der Waals surface area contributed by atoms with E-state index in [1.165, 1.54) is 18.2 Å². The second-order valence-electron chi connectivity index (χ2n) is 9.44. The molecule has 17 heteroatoms. The molecular formula is C23H26F8N4O5. The van der Waals surface area contributed by atoms with Gasteiger partial charge in [0.1, 0.15) is 6.54 Å². The van der Waals surface area contributed by atoms with Crippen molar-refractivity contribution in [3.05, 3.63) is 29.5 Å². The summed E-state index contributed by atoms with van der Waals surface area (Å²) in [5, 5.41) is 15.0. The van der Waals surface area contributed by atoms with Crippen LogP contribution in [-0.4, -0.2) is 73.4 Å². The van der Waals surface area contributed by atoms with E-state index in [0.29, 0.717) is 4.90 Å². The maximum Gasteiger partial charge on any atom is 0.455 e. The van der Waals surface area contributed by atoms with E-state index in [-0.39, 0.29) is 18.2 Å². The number of hydroxylamine groups is 3. The predicted molar refractivity (Wildman–Crippen MR) is 123 cm³/mol. The Morgan fingerprint density at radius 3 is 2.15 bits per heavy atom. The number of hydrogen-bond acceptors (Lipinski definition) is 6. The Morgan fingerprint density at radius 2 is 1.62 bits per heavy atom. The Balaban J connectivity index is 2.06. The molecule has 1 aromatic rings. The van der Waals surface area contributed by atoms with Gasteiger partial charge in [0.15, 0.2) is 6.17 Å². The Bertz CT molecular complexity index is 1110. The van der Waals surface area contributed by atoms with E-state index in [4.69, 9.17) is 4.74 Å². The van der Waals surface area contributed by atoms with Gasteiger partial charge in [-0.25, -0.2) is 14.4 Å². The minimum atomic E-state index is -6.13. The zero-order valence-corrected chi connectivity index (χ0v) is 21.0. The average molecular weight is 590 g/mol. The van der Waals surface area contributed by atoms with Crippen molar-refractivity contribution in [3.8, 4) is 0 Å². The van der Waals surface area contributed by atoms with E-state index in [1.54, 1.807) is 0 Å². The smallest absolute Gasteiger partial charge is 0.455 e. The number of nitrogens with one attached hydrogen (secondary N) is 1. The number of quaternary nitrogens is 1. The number of ether oxygens (including phenoxy) is 1. The highest BCUT2D eigenvalue weighted by Gasteiger charge is 2.59. The van der Waals surface area contributed by atoms with Crippen LogP contribution in [0.4, 0.5) is 56.1 Å². The van der Waals surface area contributed by atoms with Gasteiger partial charge in [-0.2, -0.15) is 39.8 Å². The van der Waals surface area contributed by atoms with Gasteiger partial charge in [-0.05, 0) is 30.9 Å². The predicted octanol–water partition coefficient (Wildman–Crippen LogP) is 5.30. The Morgan fingerprint density at radius 1 is 1.02 bits per heavy atom. The lowest BCUT2D eigenvalue weighted by Crippen LogP contribution is -2.69. The second kappa shape index (κ2) is 11.3. The maximum absolute atomic E-state index is 13.9. The normalized spacial score (nSPS) is 19.8. The van der Waals surface area contributed by atoms with Gasteiger partial charge in [0, 0.05) is 13.0 Å². The molecule has 0 saturated heterocycles. The first-order chi connectivity index (χ1) is 18.4. The molecule has 1 aliphatic heterocycles. The van der Waals surface area contributed by atoms with Crippen LogP contribution in [0.25, 0.3) is 0 Å². The zero-order valence-electron chi connectivity index (χ0n) is 21.0. The lowest BCUT2D eigenvalue weighted by molar-refractivity contribution is -0.750. The van der Waals surface area contributed by atoms with E-state index in [1.807, 2.05) is 0 Å². The molecule has 4 amide bonds. The van der Waals surface area contributed by atoms with Gasteiger partial charge in [-0.1, -0.05) is 19.1 Å². The van der Waals surface area contributed by atoms with E-state index in [9.17, 15) is 54.7 Å². The molecule has 0 spiro atoms. The van der Waals surface area contributed by atoms with Crippen LogP contribution < -0.4 is 15.1 Å². The molecule has 3 rings (SSSR count). The number of carbonyl (C=O) groups is 3. The minimum Gasteiger partial charge on any atom is -0.615 e. The molecule has 2 aliphatic rings. The summed E-state index contributed by atoms with van der Waals surface area (Å²) in [4.78, 5) is 39.8. The van der Waals surface area contributed by atoms with Gasteiger partial charge in [-0.3, -0.25) is 10.2 Å². The number of carbonyl (C=O) groups excluding carboxylic acids is 3. The third-order valence-corrected chi connectivity index (χ3v) is 6.43. The highest BCUT2D eigenvalue weighted by molar-refractivity contribution is 5.93. The zero-order chi connectivity index (χ0) is 30.1. The van der Waals surface area contributed by atoms with Gasteiger partial charge < -0.3 is 14.8 Å². The number of amides is 4. The van der Waals surface area contributed by atoms with Crippen molar-refractivity contribution in [3.63, 3.8) is 0 Å². The Labute approximate surface area is 222 Å². The number of anilines is 2. The van der Waals surface area contributed by atoms with Crippen LogP contribution in [0.15, 0.2) is 24.3 Å². The van der Waals surface area contributed by atoms with Crippen molar-refractivity contribution in [2.45, 2.75) is 57.0 Å². The quantitative estimate of drug-likeness (QED) is 0.263. The molecule has 1 unspecified atom stereocenters. The average Bonchev–Trinajstić information content (AvgIpc) is 3.71. The van der Waals surface area contributed by atoms with Crippen LogP contribution in [0.5, 0.6) is 0 Å². The van der Waals surface area contributed by atoms with Gasteiger partial charge in [0.25, 0.3) is 0 Å². The van der Waals surface area contributed by atoms with Crippen LogP contribution >= 0.6 is 0 Å². The summed E-state index contributed by atoms with van der Waals surface area (Å²) < 4.78 is 108. The number of halogens is 8. The number of para-hydroxylation sites is 2. The van der Waals surface area contributed by atoms with E-state index >= 15 is 0 Å². The minimum absolute atomic E-state index is 0.0267. The number of nitrogens with zero attached hydrogens (tertiary/aromatic N) is 3. The summed E-state index contributed by atoms with van der Waals surface area (Å²) in [5.41, 5.74) is -0.573. The van der Waals surface area contributed by atoms with Crippen LogP contribution in [0.2, 0.25) is 0 Å². The molecule has 0 radical (unpaired) electrons. The van der Waals surface area contributed by atoms with Crippen molar-refractivity contribution < 1.29 is 58.9 Å². The first-order valence-corrected chi connectivity index (χ1v) is 12.1. The molecule has 1 aliphatic carbocycles. The summed E-state index contributed by atoms with van der Waals surface area (Å²) in [6.45, 7) is -3.82. The first kappa shape index (κ1) is 31.3. The number of fused-ring (bicyclic) bond motifs is 1. The van der Waals surface area contributed by atoms with E-state index < -0.39 is 85.3 Å². The highest BCUT2D eigenvalue weighted by atomic mass is 19.4. The molecule has 1 aromatic carbocycles. The van der Waals surface area contributed by atoms with Crippen LogP contribution in [-0.2, 0) is 9.53 Å². The molecule has 1 fully saturated rings. The lowest BCUT2D eigenvalue weighted by Gasteiger charge is -2.47. The fourth-order valence-electron chi connectivity index (χ4n) is 4.17. The molecule has 1 heterocycles. The Kier molecular flexibility index (Phi) is 8.88. The van der Waals surface area contributed by atoms with Crippen LogP contribution in [0.1, 0.15) is 32.6 Å². The second-order valence-corrected chi connectivity index (χ2v) is 9.44. The number of hydrogen-bond donors (Lipinski definition) is 1. The molecule has 1 N–H and O–H groups in total. The van der Waals surface area contributed by atoms with Crippen molar-refractivity contribution in [2.75, 3.05) is 36.0 Å². The third-order valence-electron chi connectivity index (χ3n) is 6.43. The Hall–Kier alpha value is -3.21. The molecule has 1 saturated carbocycles. The molecule has 40 heavy (non-hydrogen) atoms. The molecular weight excluding hydrogens is 564 g/mol. The third kappa shape index (κ3) is 6.74. The number of rotatable bonds is 7. The largest absolute Gasteiger partial charge is 0.615 e. The summed E-state index contributed by atoms with van der Waals surface area (Å²) in [6.07, 6.45) is -14.4. The van der Waals surface area contributed by atoms with Gasteiger partial charge in [0.05, 0.1) is 30.9 Å². The fraction of sp³-hybridized carbons (Fsp3) is 0.609. The van der Waals surface area contributed by atoms with E-state index in [2.05, 4.69) is 0 Å². The number of alkyl halides is 8. The summed E-state index contributed by atoms with van der Waals surface area (Å²) in [5.74, 6) is -6.99. The molecule has 0 bridgehead atoms. The monoisotopic (exact) mass is 590 g/mol. The molecule has 224 valence electrons. The SMILES string of the molecule is CCC(=O)[N@+]([O-])(C(=O)NCC(F)(F)C(F)(F)F)C1CCN(C(=O)OCC2CC2)c2ccccc2N1CC(F)(F)F. The topological polar surface area (TPSA) is 102 Å². The molecule has 2 atom stereocenters. The number of benzene rings is 1. The maximum atomic E-state index is 13.9. The van der Waals surface area contributed by atoms with Gasteiger partial charge in [0.2, 0.25) is 0 Å². The summed E-state index contributed by atoms with van der Waals surface area (Å²) in [7, 11) is 0.